The Morgan fingerprint density at radius 2 is 1.88 bits per heavy atom. The lowest BCUT2D eigenvalue weighted by Crippen LogP contribution is -2.34. The Labute approximate surface area is 155 Å². The zero-order valence-corrected chi connectivity index (χ0v) is 15.0. The van der Waals surface area contributed by atoms with Gasteiger partial charge in [0.2, 0.25) is 5.91 Å². The van der Waals surface area contributed by atoms with E-state index in [0.717, 1.165) is 5.56 Å². The molecule has 1 fully saturated rings. The summed E-state index contributed by atoms with van der Waals surface area (Å²) in [6, 6.07) is 12.1. The van der Waals surface area contributed by atoms with Gasteiger partial charge in [0.25, 0.3) is 5.91 Å². The number of ether oxygens (including phenoxy) is 1. The first-order chi connectivity index (χ1) is 12.0. The van der Waals surface area contributed by atoms with E-state index in [1.165, 1.54) is 4.90 Å². The molecule has 2 aromatic carbocycles. The molecule has 25 heavy (non-hydrogen) atoms. The van der Waals surface area contributed by atoms with Crippen LogP contribution in [0.3, 0.4) is 0 Å². The minimum atomic E-state index is -0.259. The highest BCUT2D eigenvalue weighted by atomic mass is 35.5. The van der Waals surface area contributed by atoms with Gasteiger partial charge in [-0.05, 0) is 48.9 Å². The molecule has 2 aromatic rings. The molecule has 0 atom stereocenters. The highest BCUT2D eigenvalue weighted by Gasteiger charge is 2.32. The Balaban J connectivity index is 1.64. The average Bonchev–Trinajstić information content (AvgIpc) is 2.98. The van der Waals surface area contributed by atoms with Crippen LogP contribution in [0.4, 0.5) is 5.69 Å². The predicted octanol–water partition coefficient (Wildman–Crippen LogP) is 3.51. The van der Waals surface area contributed by atoms with Crippen molar-refractivity contribution in [3.8, 4) is 5.75 Å². The summed E-state index contributed by atoms with van der Waals surface area (Å²) in [7, 11) is 0. The molecule has 130 valence electrons. The molecule has 0 N–H and O–H groups in total. The molecule has 1 saturated heterocycles. The lowest BCUT2D eigenvalue weighted by atomic mass is 10.2. The highest BCUT2D eigenvalue weighted by molar-refractivity contribution is 6.32. The van der Waals surface area contributed by atoms with Crippen molar-refractivity contribution in [3.05, 3.63) is 58.1 Å². The van der Waals surface area contributed by atoms with E-state index in [1.807, 2.05) is 13.0 Å². The summed E-state index contributed by atoms with van der Waals surface area (Å²) in [5.41, 5.74) is 1.52. The van der Waals surface area contributed by atoms with Gasteiger partial charge < -0.3 is 9.64 Å². The van der Waals surface area contributed by atoms with Crippen molar-refractivity contribution in [1.82, 2.24) is 4.90 Å². The molecule has 7 heteroatoms. The van der Waals surface area contributed by atoms with E-state index in [-0.39, 0.29) is 31.6 Å². The Morgan fingerprint density at radius 3 is 2.60 bits per heavy atom. The number of carbonyl (C=O) groups excluding carboxylic acids is 2. The maximum absolute atomic E-state index is 12.3. The van der Waals surface area contributed by atoms with Crippen molar-refractivity contribution in [3.63, 3.8) is 0 Å². The largest absolute Gasteiger partial charge is 0.484 e. The van der Waals surface area contributed by atoms with Gasteiger partial charge in [-0.15, -0.1) is 0 Å². The topological polar surface area (TPSA) is 49.9 Å². The van der Waals surface area contributed by atoms with E-state index >= 15 is 0 Å². The van der Waals surface area contributed by atoms with Crippen LogP contribution in [-0.2, 0) is 9.59 Å². The number of hydrogen-bond donors (Lipinski definition) is 0. The number of benzene rings is 2. The van der Waals surface area contributed by atoms with Crippen LogP contribution in [0.2, 0.25) is 10.0 Å². The average molecular weight is 379 g/mol. The fourth-order valence-electron chi connectivity index (χ4n) is 2.58. The summed E-state index contributed by atoms with van der Waals surface area (Å²) in [5, 5.41) is 1.18. The third-order valence-electron chi connectivity index (χ3n) is 4.00. The quantitative estimate of drug-likeness (QED) is 0.817. The molecule has 1 aliphatic heterocycles. The van der Waals surface area contributed by atoms with Gasteiger partial charge in [0, 0.05) is 15.7 Å². The van der Waals surface area contributed by atoms with E-state index in [4.69, 9.17) is 27.9 Å². The predicted molar refractivity (Wildman–Crippen MR) is 97.2 cm³/mol. The van der Waals surface area contributed by atoms with Crippen molar-refractivity contribution in [2.24, 2.45) is 0 Å². The third kappa shape index (κ3) is 3.89. The second-order valence-corrected chi connectivity index (χ2v) is 6.53. The molecule has 0 bridgehead atoms. The molecular formula is C18H16Cl2N2O3. The highest BCUT2D eigenvalue weighted by Crippen LogP contribution is 2.28. The fourth-order valence-corrected chi connectivity index (χ4v) is 2.88. The summed E-state index contributed by atoms with van der Waals surface area (Å²) >= 11 is 11.9. The van der Waals surface area contributed by atoms with E-state index in [2.05, 4.69) is 0 Å². The minimum absolute atomic E-state index is 0.0226. The lowest BCUT2D eigenvalue weighted by Gasteiger charge is -2.20. The van der Waals surface area contributed by atoms with Gasteiger partial charge >= 0.3 is 0 Å². The maximum atomic E-state index is 12.3. The van der Waals surface area contributed by atoms with E-state index in [1.54, 1.807) is 41.3 Å². The number of amides is 2. The van der Waals surface area contributed by atoms with Crippen LogP contribution in [0.1, 0.15) is 5.56 Å². The maximum Gasteiger partial charge on any atom is 0.262 e. The number of anilines is 1. The van der Waals surface area contributed by atoms with Gasteiger partial charge in [-0.2, -0.15) is 0 Å². The summed E-state index contributed by atoms with van der Waals surface area (Å²) in [5.74, 6) is 0.140. The molecule has 2 amide bonds. The first-order valence-corrected chi connectivity index (χ1v) is 8.43. The van der Waals surface area contributed by atoms with Crippen LogP contribution in [0.25, 0.3) is 0 Å². The Bertz CT molecular complexity index is 808. The molecule has 1 aliphatic rings. The van der Waals surface area contributed by atoms with Crippen LogP contribution in [0.15, 0.2) is 42.5 Å². The molecule has 0 radical (unpaired) electrons. The lowest BCUT2D eigenvalue weighted by molar-refractivity contribution is -0.133. The monoisotopic (exact) mass is 378 g/mol. The first kappa shape index (κ1) is 17.6. The van der Waals surface area contributed by atoms with E-state index < -0.39 is 0 Å². The van der Waals surface area contributed by atoms with Crippen LogP contribution < -0.4 is 9.64 Å². The molecule has 0 saturated carbocycles. The second-order valence-electron chi connectivity index (χ2n) is 5.68. The van der Waals surface area contributed by atoms with Gasteiger partial charge in [0.1, 0.15) is 19.0 Å². The summed E-state index contributed by atoms with van der Waals surface area (Å²) < 4.78 is 5.45. The number of hydrogen-bond acceptors (Lipinski definition) is 3. The number of carbonyl (C=O) groups is 2. The van der Waals surface area contributed by atoms with E-state index in [0.29, 0.717) is 21.5 Å². The van der Waals surface area contributed by atoms with Crippen LogP contribution in [0, 0.1) is 6.92 Å². The fraction of sp³-hybridized carbons (Fsp3) is 0.222. The van der Waals surface area contributed by atoms with Gasteiger partial charge in [-0.3, -0.25) is 14.5 Å². The van der Waals surface area contributed by atoms with Crippen molar-refractivity contribution in [2.45, 2.75) is 6.92 Å². The molecule has 0 aromatic heterocycles. The Hall–Kier alpha value is -2.24. The molecule has 0 aliphatic carbocycles. The Kier molecular flexibility index (Phi) is 5.16. The molecule has 0 unspecified atom stereocenters. The molecule has 0 spiro atoms. The van der Waals surface area contributed by atoms with Crippen LogP contribution in [-0.4, -0.2) is 36.5 Å². The smallest absolute Gasteiger partial charge is 0.262 e. The Morgan fingerprint density at radius 1 is 1.16 bits per heavy atom. The van der Waals surface area contributed by atoms with Gasteiger partial charge in [-0.1, -0.05) is 29.3 Å². The summed E-state index contributed by atoms with van der Waals surface area (Å²) in [6.07, 6.45) is 0. The number of halogens is 2. The van der Waals surface area contributed by atoms with E-state index in [9.17, 15) is 9.59 Å². The normalized spacial score (nSPS) is 14.1. The standard InChI is InChI=1S/C18H16Cl2N2O3/c1-12-15(20)3-2-4-16(12)22-11-21(9-17(22)23)18(24)10-25-14-7-5-13(19)6-8-14/h2-8H,9-11H2,1H3. The van der Waals surface area contributed by atoms with Crippen molar-refractivity contribution >= 4 is 40.7 Å². The number of rotatable bonds is 4. The molecule has 3 rings (SSSR count). The molecular weight excluding hydrogens is 363 g/mol. The van der Waals surface area contributed by atoms with Crippen molar-refractivity contribution in [2.75, 3.05) is 24.7 Å². The summed E-state index contributed by atoms with van der Waals surface area (Å²) in [6.45, 7) is 1.91. The van der Waals surface area contributed by atoms with Gasteiger partial charge in [0.05, 0.1) is 0 Å². The second kappa shape index (κ2) is 7.33. The molecule has 1 heterocycles. The summed E-state index contributed by atoms with van der Waals surface area (Å²) in [4.78, 5) is 27.6. The van der Waals surface area contributed by atoms with Gasteiger partial charge in [0.15, 0.2) is 6.61 Å². The van der Waals surface area contributed by atoms with Gasteiger partial charge in [-0.25, -0.2) is 0 Å². The van der Waals surface area contributed by atoms with Crippen molar-refractivity contribution in [1.29, 1.82) is 0 Å². The van der Waals surface area contributed by atoms with Crippen LogP contribution >= 0.6 is 23.2 Å². The zero-order chi connectivity index (χ0) is 18.0. The minimum Gasteiger partial charge on any atom is -0.484 e. The van der Waals surface area contributed by atoms with Crippen molar-refractivity contribution < 1.29 is 14.3 Å². The number of nitrogens with zero attached hydrogens (tertiary/aromatic N) is 2. The zero-order valence-electron chi connectivity index (χ0n) is 13.5. The first-order valence-electron chi connectivity index (χ1n) is 7.67. The third-order valence-corrected chi connectivity index (χ3v) is 4.66. The van der Waals surface area contributed by atoms with Crippen LogP contribution in [0.5, 0.6) is 5.75 Å². The molecule has 5 nitrogen and oxygen atoms in total. The SMILES string of the molecule is Cc1c(Cl)cccc1N1CN(C(=O)COc2ccc(Cl)cc2)CC1=O.